The van der Waals surface area contributed by atoms with Gasteiger partial charge in [-0.2, -0.15) is 5.10 Å². The van der Waals surface area contributed by atoms with Crippen molar-refractivity contribution in [3.63, 3.8) is 0 Å². The molecule has 0 radical (unpaired) electrons. The quantitative estimate of drug-likeness (QED) is 0.821. The fraction of sp³-hybridized carbons (Fsp3) is 0.111. The Morgan fingerprint density at radius 2 is 2.07 bits per heavy atom. The fourth-order valence-corrected chi connectivity index (χ4v) is 1.22. The number of hydrogen-bond donors (Lipinski definition) is 1. The zero-order valence-electron chi connectivity index (χ0n) is 7.71. The predicted molar refractivity (Wildman–Crippen MR) is 58.2 cm³/mol. The van der Waals surface area contributed by atoms with Crippen LogP contribution in [-0.2, 0) is 0 Å². The molecule has 0 aliphatic carbocycles. The molecule has 2 aromatic rings. The van der Waals surface area contributed by atoms with Gasteiger partial charge < -0.3 is 5.32 Å². The maximum atomic E-state index is 4.06. The first-order valence-electron chi connectivity index (χ1n) is 4.03. The molecule has 0 saturated carbocycles. The zero-order valence-corrected chi connectivity index (χ0v) is 8.53. The Hall–Kier alpha value is -1.55. The Morgan fingerprint density at radius 3 is 2.71 bits per heavy atom. The van der Waals surface area contributed by atoms with Gasteiger partial charge in [0.25, 0.3) is 0 Å². The summed E-state index contributed by atoms with van der Waals surface area (Å²) in [6, 6.07) is 7.93. The van der Waals surface area contributed by atoms with Crippen LogP contribution >= 0.6 is 12.4 Å². The second-order valence-electron chi connectivity index (χ2n) is 2.61. The van der Waals surface area contributed by atoms with Gasteiger partial charge in [0.15, 0.2) is 0 Å². The number of hydrogen-bond acceptors (Lipinski definition) is 3. The number of halogens is 1. The highest BCUT2D eigenvalue weighted by Crippen LogP contribution is 2.17. The first kappa shape index (κ1) is 10.5. The largest absolute Gasteiger partial charge is 0.386 e. The highest BCUT2D eigenvalue weighted by molar-refractivity contribution is 5.85. The topological polar surface area (TPSA) is 42.7 Å². The van der Waals surface area contributed by atoms with Crippen LogP contribution in [0.4, 0.5) is 5.69 Å². The Kier molecular flexibility index (Phi) is 3.48. The van der Waals surface area contributed by atoms with E-state index in [1.807, 2.05) is 31.3 Å². The van der Waals surface area contributed by atoms with E-state index in [0.717, 1.165) is 11.4 Å². The van der Waals surface area contributed by atoms with E-state index in [4.69, 9.17) is 0 Å². The van der Waals surface area contributed by atoms with Crippen molar-refractivity contribution in [3.8, 4) is 5.69 Å². The number of aromatic nitrogens is 3. The molecule has 0 saturated heterocycles. The molecular formula is C9H11ClN4. The first-order valence-corrected chi connectivity index (χ1v) is 4.03. The van der Waals surface area contributed by atoms with Crippen molar-refractivity contribution < 1.29 is 0 Å². The van der Waals surface area contributed by atoms with Crippen molar-refractivity contribution in [2.45, 2.75) is 0 Å². The fourth-order valence-electron chi connectivity index (χ4n) is 1.22. The molecule has 0 atom stereocenters. The van der Waals surface area contributed by atoms with Gasteiger partial charge in [0, 0.05) is 7.05 Å². The van der Waals surface area contributed by atoms with Crippen molar-refractivity contribution in [3.05, 3.63) is 36.9 Å². The molecule has 0 amide bonds. The number of benzene rings is 1. The number of nitrogens with one attached hydrogen (secondary N) is 1. The average molecular weight is 211 g/mol. The van der Waals surface area contributed by atoms with E-state index >= 15 is 0 Å². The third kappa shape index (κ3) is 1.85. The van der Waals surface area contributed by atoms with Crippen LogP contribution in [0.2, 0.25) is 0 Å². The average Bonchev–Trinajstić information content (AvgIpc) is 2.70. The molecule has 0 aliphatic rings. The Morgan fingerprint density at radius 1 is 1.29 bits per heavy atom. The second kappa shape index (κ2) is 4.62. The Labute approximate surface area is 88.4 Å². The molecule has 0 bridgehead atoms. The molecule has 0 fully saturated rings. The normalized spacial score (nSPS) is 9.21. The van der Waals surface area contributed by atoms with Gasteiger partial charge in [-0.25, -0.2) is 9.67 Å². The van der Waals surface area contributed by atoms with Gasteiger partial charge in [0.05, 0.1) is 11.4 Å². The van der Waals surface area contributed by atoms with Crippen LogP contribution < -0.4 is 5.32 Å². The predicted octanol–water partition coefficient (Wildman–Crippen LogP) is 1.73. The Balaban J connectivity index is 0.000000980. The molecule has 0 aliphatic heterocycles. The summed E-state index contributed by atoms with van der Waals surface area (Å²) in [5.74, 6) is 0. The first-order chi connectivity index (χ1) is 6.42. The van der Waals surface area contributed by atoms with Crippen molar-refractivity contribution in [2.75, 3.05) is 12.4 Å². The number of nitrogens with zero attached hydrogens (tertiary/aromatic N) is 3. The van der Waals surface area contributed by atoms with Gasteiger partial charge in [-0.15, -0.1) is 12.4 Å². The van der Waals surface area contributed by atoms with Gasteiger partial charge in [-0.3, -0.25) is 0 Å². The summed E-state index contributed by atoms with van der Waals surface area (Å²) in [6.07, 6.45) is 3.20. The summed E-state index contributed by atoms with van der Waals surface area (Å²) in [5, 5.41) is 7.16. The minimum Gasteiger partial charge on any atom is -0.386 e. The maximum absolute atomic E-state index is 4.06. The lowest BCUT2D eigenvalue weighted by Gasteiger charge is -2.06. The highest BCUT2D eigenvalue weighted by Gasteiger charge is 2.00. The van der Waals surface area contributed by atoms with E-state index in [2.05, 4.69) is 15.4 Å². The summed E-state index contributed by atoms with van der Waals surface area (Å²) in [4.78, 5) is 3.90. The molecule has 4 nitrogen and oxygen atoms in total. The summed E-state index contributed by atoms with van der Waals surface area (Å²) in [6.45, 7) is 0. The number of anilines is 1. The van der Waals surface area contributed by atoms with Crippen LogP contribution in [0.3, 0.4) is 0 Å². The van der Waals surface area contributed by atoms with E-state index in [1.54, 1.807) is 11.0 Å². The number of para-hydroxylation sites is 2. The van der Waals surface area contributed by atoms with Crippen molar-refractivity contribution >= 4 is 18.1 Å². The van der Waals surface area contributed by atoms with E-state index in [9.17, 15) is 0 Å². The van der Waals surface area contributed by atoms with Gasteiger partial charge in [0.1, 0.15) is 12.7 Å². The molecule has 74 valence electrons. The lowest BCUT2D eigenvalue weighted by atomic mass is 10.2. The third-order valence-corrected chi connectivity index (χ3v) is 1.84. The van der Waals surface area contributed by atoms with Gasteiger partial charge in [0.2, 0.25) is 0 Å². The van der Waals surface area contributed by atoms with Gasteiger partial charge >= 0.3 is 0 Å². The smallest absolute Gasteiger partial charge is 0.138 e. The van der Waals surface area contributed by atoms with E-state index in [-0.39, 0.29) is 12.4 Å². The minimum atomic E-state index is 0. The molecule has 0 spiro atoms. The highest BCUT2D eigenvalue weighted by atomic mass is 35.5. The molecular weight excluding hydrogens is 200 g/mol. The molecule has 0 unspecified atom stereocenters. The zero-order chi connectivity index (χ0) is 9.10. The standard InChI is InChI=1S/C9H10N4.ClH/c1-10-8-4-2-3-5-9(8)13-7-11-6-12-13;/h2-7,10H,1H3;1H. The minimum absolute atomic E-state index is 0. The van der Waals surface area contributed by atoms with E-state index in [0.29, 0.717) is 0 Å². The van der Waals surface area contributed by atoms with Crippen LogP contribution in [-0.4, -0.2) is 21.8 Å². The van der Waals surface area contributed by atoms with Gasteiger partial charge in [-0.1, -0.05) is 12.1 Å². The monoisotopic (exact) mass is 210 g/mol. The Bertz CT molecular complexity index is 385. The van der Waals surface area contributed by atoms with Gasteiger partial charge in [-0.05, 0) is 12.1 Å². The molecule has 2 rings (SSSR count). The van der Waals surface area contributed by atoms with E-state index in [1.165, 1.54) is 6.33 Å². The van der Waals surface area contributed by atoms with Crippen molar-refractivity contribution in [2.24, 2.45) is 0 Å². The third-order valence-electron chi connectivity index (χ3n) is 1.84. The number of rotatable bonds is 2. The van der Waals surface area contributed by atoms with Crippen molar-refractivity contribution in [1.29, 1.82) is 0 Å². The molecule has 1 aromatic carbocycles. The second-order valence-corrected chi connectivity index (χ2v) is 2.61. The van der Waals surface area contributed by atoms with Crippen LogP contribution in [0.1, 0.15) is 0 Å². The summed E-state index contributed by atoms with van der Waals surface area (Å²) < 4.78 is 1.73. The molecule has 5 heteroatoms. The molecule has 1 aromatic heterocycles. The summed E-state index contributed by atoms with van der Waals surface area (Å²) in [7, 11) is 1.88. The lowest BCUT2D eigenvalue weighted by Crippen LogP contribution is -1.99. The molecule has 14 heavy (non-hydrogen) atoms. The van der Waals surface area contributed by atoms with Crippen LogP contribution in [0.5, 0.6) is 0 Å². The van der Waals surface area contributed by atoms with E-state index < -0.39 is 0 Å². The van der Waals surface area contributed by atoms with Crippen LogP contribution in [0, 0.1) is 0 Å². The van der Waals surface area contributed by atoms with Crippen molar-refractivity contribution in [1.82, 2.24) is 14.8 Å². The van der Waals surface area contributed by atoms with Crippen LogP contribution in [0.15, 0.2) is 36.9 Å². The summed E-state index contributed by atoms with van der Waals surface area (Å²) in [5.41, 5.74) is 2.04. The lowest BCUT2D eigenvalue weighted by molar-refractivity contribution is 0.880. The molecule has 1 heterocycles. The van der Waals surface area contributed by atoms with Crippen LogP contribution in [0.25, 0.3) is 5.69 Å². The maximum Gasteiger partial charge on any atom is 0.138 e. The molecule has 1 N–H and O–H groups in total. The SMILES string of the molecule is CNc1ccccc1-n1cncn1.Cl. The summed E-state index contributed by atoms with van der Waals surface area (Å²) >= 11 is 0.